The Morgan fingerprint density at radius 2 is 2.10 bits per heavy atom. The zero-order chi connectivity index (χ0) is 14.7. The molecule has 0 aliphatic heterocycles. The number of rotatable bonds is 3. The van der Waals surface area contributed by atoms with E-state index in [9.17, 15) is 4.79 Å². The van der Waals surface area contributed by atoms with Crippen LogP contribution in [0.2, 0.25) is 5.02 Å². The number of carbonyl (C=O) groups is 1. The fraction of sp³-hybridized carbons (Fsp3) is 0.250. The number of benzene rings is 1. The van der Waals surface area contributed by atoms with Crippen molar-refractivity contribution in [1.29, 1.82) is 0 Å². The minimum Gasteiger partial charge on any atom is -0.315 e. The fourth-order valence-electron chi connectivity index (χ4n) is 2.13. The lowest BCUT2D eigenvalue weighted by molar-refractivity contribution is -0.119. The minimum atomic E-state index is -0.243. The topological polar surface area (TPSA) is 33.2 Å². The summed E-state index contributed by atoms with van der Waals surface area (Å²) in [6.07, 6.45) is 3.42. The van der Waals surface area contributed by atoms with E-state index in [2.05, 4.69) is 4.98 Å². The van der Waals surface area contributed by atoms with Crippen LogP contribution in [0.4, 0.5) is 5.69 Å². The fourth-order valence-corrected chi connectivity index (χ4v) is 2.29. The summed E-state index contributed by atoms with van der Waals surface area (Å²) in [5.74, 6) is -0.226. The van der Waals surface area contributed by atoms with Crippen LogP contribution in [0.15, 0.2) is 42.7 Å². The first-order valence-corrected chi connectivity index (χ1v) is 6.82. The van der Waals surface area contributed by atoms with Gasteiger partial charge in [0.15, 0.2) is 0 Å². The van der Waals surface area contributed by atoms with Gasteiger partial charge in [0, 0.05) is 30.2 Å². The summed E-state index contributed by atoms with van der Waals surface area (Å²) in [7, 11) is 1.77. The number of nitrogens with zero attached hydrogens (tertiary/aromatic N) is 2. The molecule has 0 aliphatic rings. The second-order valence-electron chi connectivity index (χ2n) is 4.84. The van der Waals surface area contributed by atoms with Gasteiger partial charge in [-0.3, -0.25) is 9.78 Å². The first kappa shape index (κ1) is 14.5. The largest absolute Gasteiger partial charge is 0.315 e. The van der Waals surface area contributed by atoms with Gasteiger partial charge in [0.1, 0.15) is 0 Å². The second kappa shape index (κ2) is 6.06. The Morgan fingerprint density at radius 3 is 2.75 bits per heavy atom. The van der Waals surface area contributed by atoms with Crippen LogP contribution in [-0.2, 0) is 4.79 Å². The highest BCUT2D eigenvalue weighted by Gasteiger charge is 2.21. The van der Waals surface area contributed by atoms with Gasteiger partial charge in [-0.2, -0.15) is 0 Å². The standard InChI is InChI=1S/C16H17ClN2O/c1-11-6-7-14(17)9-15(11)19(3)16(20)12(2)13-5-4-8-18-10-13/h4-10,12H,1-3H3. The Labute approximate surface area is 124 Å². The zero-order valence-electron chi connectivity index (χ0n) is 11.8. The van der Waals surface area contributed by atoms with Crippen LogP contribution in [0.1, 0.15) is 24.0 Å². The van der Waals surface area contributed by atoms with Gasteiger partial charge in [-0.15, -0.1) is 0 Å². The molecular formula is C16H17ClN2O. The SMILES string of the molecule is Cc1ccc(Cl)cc1N(C)C(=O)C(C)c1cccnc1. The summed E-state index contributed by atoms with van der Waals surface area (Å²) in [6.45, 7) is 3.85. The molecule has 0 spiro atoms. The van der Waals surface area contributed by atoms with Crippen molar-refractivity contribution in [2.24, 2.45) is 0 Å². The molecule has 1 aromatic heterocycles. The number of anilines is 1. The van der Waals surface area contributed by atoms with Crippen molar-refractivity contribution in [3.05, 3.63) is 58.9 Å². The van der Waals surface area contributed by atoms with Crippen molar-refractivity contribution >= 4 is 23.2 Å². The van der Waals surface area contributed by atoms with Gasteiger partial charge in [-0.1, -0.05) is 23.7 Å². The molecule has 2 rings (SSSR count). The first-order valence-electron chi connectivity index (χ1n) is 6.44. The Morgan fingerprint density at radius 1 is 1.35 bits per heavy atom. The number of likely N-dealkylation sites (N-methyl/N-ethyl adjacent to an activating group) is 1. The van der Waals surface area contributed by atoms with E-state index in [1.807, 2.05) is 44.2 Å². The van der Waals surface area contributed by atoms with Crippen molar-refractivity contribution in [3.8, 4) is 0 Å². The van der Waals surface area contributed by atoms with Gasteiger partial charge in [0.2, 0.25) is 5.91 Å². The Hall–Kier alpha value is -1.87. The number of carbonyl (C=O) groups excluding carboxylic acids is 1. The van der Waals surface area contributed by atoms with Crippen LogP contribution in [0.5, 0.6) is 0 Å². The summed E-state index contributed by atoms with van der Waals surface area (Å²) in [5.41, 5.74) is 2.76. The predicted molar refractivity (Wildman–Crippen MR) is 82.3 cm³/mol. The molecule has 104 valence electrons. The van der Waals surface area contributed by atoms with Crippen molar-refractivity contribution in [1.82, 2.24) is 4.98 Å². The monoisotopic (exact) mass is 288 g/mol. The van der Waals surface area contributed by atoms with Gasteiger partial charge in [-0.25, -0.2) is 0 Å². The second-order valence-corrected chi connectivity index (χ2v) is 5.27. The quantitative estimate of drug-likeness (QED) is 0.860. The smallest absolute Gasteiger partial charge is 0.234 e. The molecule has 1 atom stereocenters. The summed E-state index contributed by atoms with van der Waals surface area (Å²) < 4.78 is 0. The average molecular weight is 289 g/mol. The van der Waals surface area contributed by atoms with Crippen LogP contribution in [0.3, 0.4) is 0 Å². The van der Waals surface area contributed by atoms with Gasteiger partial charge in [0.05, 0.1) is 5.92 Å². The molecule has 0 N–H and O–H groups in total. The van der Waals surface area contributed by atoms with Crippen LogP contribution < -0.4 is 4.90 Å². The van der Waals surface area contributed by atoms with Crippen LogP contribution in [0.25, 0.3) is 0 Å². The third kappa shape index (κ3) is 2.99. The molecular weight excluding hydrogens is 272 g/mol. The average Bonchev–Trinajstić information content (AvgIpc) is 2.48. The predicted octanol–water partition coefficient (Wildman–Crippen LogP) is 3.81. The van der Waals surface area contributed by atoms with Crippen molar-refractivity contribution < 1.29 is 4.79 Å². The van der Waals surface area contributed by atoms with Gasteiger partial charge in [0.25, 0.3) is 0 Å². The lowest BCUT2D eigenvalue weighted by Gasteiger charge is -2.23. The zero-order valence-corrected chi connectivity index (χ0v) is 12.6. The first-order chi connectivity index (χ1) is 9.50. The Balaban J connectivity index is 2.27. The molecule has 0 aliphatic carbocycles. The van der Waals surface area contributed by atoms with E-state index in [-0.39, 0.29) is 11.8 Å². The summed E-state index contributed by atoms with van der Waals surface area (Å²) in [6, 6.07) is 9.29. The van der Waals surface area contributed by atoms with E-state index in [4.69, 9.17) is 11.6 Å². The third-order valence-electron chi connectivity index (χ3n) is 3.42. The number of pyridine rings is 1. The van der Waals surface area contributed by atoms with E-state index in [0.717, 1.165) is 16.8 Å². The molecule has 2 aromatic rings. The molecule has 3 nitrogen and oxygen atoms in total. The number of hydrogen-bond donors (Lipinski definition) is 0. The number of aryl methyl sites for hydroxylation is 1. The maximum absolute atomic E-state index is 12.6. The number of aromatic nitrogens is 1. The Kier molecular flexibility index (Phi) is 4.40. The molecule has 0 fully saturated rings. The lowest BCUT2D eigenvalue weighted by Crippen LogP contribution is -2.31. The van der Waals surface area contributed by atoms with Crippen LogP contribution >= 0.6 is 11.6 Å². The van der Waals surface area contributed by atoms with E-state index in [1.165, 1.54) is 0 Å². The van der Waals surface area contributed by atoms with Crippen molar-refractivity contribution in [2.75, 3.05) is 11.9 Å². The molecule has 0 saturated heterocycles. The summed E-state index contributed by atoms with van der Waals surface area (Å²) >= 11 is 6.01. The number of halogens is 1. The normalized spacial score (nSPS) is 12.0. The molecule has 0 radical (unpaired) electrons. The van der Waals surface area contributed by atoms with Gasteiger partial charge >= 0.3 is 0 Å². The van der Waals surface area contributed by atoms with Crippen LogP contribution in [-0.4, -0.2) is 17.9 Å². The molecule has 0 saturated carbocycles. The highest BCUT2D eigenvalue weighted by atomic mass is 35.5. The van der Waals surface area contributed by atoms with Gasteiger partial charge < -0.3 is 4.90 Å². The van der Waals surface area contributed by atoms with Crippen LogP contribution in [0, 0.1) is 6.92 Å². The summed E-state index contributed by atoms with van der Waals surface area (Å²) in [5, 5.41) is 0.624. The number of amides is 1. The highest BCUT2D eigenvalue weighted by Crippen LogP contribution is 2.26. The van der Waals surface area contributed by atoms with Gasteiger partial charge in [-0.05, 0) is 43.2 Å². The lowest BCUT2D eigenvalue weighted by atomic mass is 10.0. The third-order valence-corrected chi connectivity index (χ3v) is 3.65. The highest BCUT2D eigenvalue weighted by molar-refractivity contribution is 6.31. The van der Waals surface area contributed by atoms with E-state index in [1.54, 1.807) is 24.3 Å². The minimum absolute atomic E-state index is 0.0170. The van der Waals surface area contributed by atoms with Crippen molar-refractivity contribution in [3.63, 3.8) is 0 Å². The summed E-state index contributed by atoms with van der Waals surface area (Å²) in [4.78, 5) is 18.3. The molecule has 4 heteroatoms. The maximum Gasteiger partial charge on any atom is 0.234 e. The Bertz CT molecular complexity index is 613. The van der Waals surface area contributed by atoms with E-state index >= 15 is 0 Å². The van der Waals surface area contributed by atoms with Crippen molar-refractivity contribution in [2.45, 2.75) is 19.8 Å². The molecule has 1 unspecified atom stereocenters. The molecule has 20 heavy (non-hydrogen) atoms. The maximum atomic E-state index is 12.6. The number of hydrogen-bond acceptors (Lipinski definition) is 2. The molecule has 1 heterocycles. The van der Waals surface area contributed by atoms with E-state index < -0.39 is 0 Å². The molecule has 0 bridgehead atoms. The van der Waals surface area contributed by atoms with E-state index in [0.29, 0.717) is 5.02 Å². The molecule has 1 amide bonds. The molecule has 1 aromatic carbocycles.